The van der Waals surface area contributed by atoms with E-state index in [0.717, 1.165) is 6.54 Å². The van der Waals surface area contributed by atoms with Crippen LogP contribution in [0.4, 0.5) is 0 Å². The van der Waals surface area contributed by atoms with Gasteiger partial charge in [0.15, 0.2) is 0 Å². The second kappa shape index (κ2) is 9.64. The molecule has 0 saturated carbocycles. The van der Waals surface area contributed by atoms with E-state index in [1.807, 2.05) is 0 Å². The fourth-order valence-electron chi connectivity index (χ4n) is 2.31. The van der Waals surface area contributed by atoms with Crippen molar-refractivity contribution >= 4 is 27.9 Å². The van der Waals surface area contributed by atoms with Crippen LogP contribution in [0.25, 0.3) is 0 Å². The van der Waals surface area contributed by atoms with E-state index in [4.69, 9.17) is 19.8 Å². The third kappa shape index (κ3) is 7.11. The predicted octanol–water partition coefficient (Wildman–Crippen LogP) is 2.13. The highest BCUT2D eigenvalue weighted by molar-refractivity contribution is 9.10. The van der Waals surface area contributed by atoms with Crippen molar-refractivity contribution in [2.24, 2.45) is 0 Å². The predicted molar refractivity (Wildman–Crippen MR) is 91.4 cm³/mol. The Kier molecular flexibility index (Phi) is 8.22. The minimum Gasteiger partial charge on any atom is -0.473 e. The number of rotatable bonds is 3. The molecular formula is C16H23BrN2O4. The minimum atomic E-state index is -1.82. The molecule has 1 fully saturated rings. The second-order valence-electron chi connectivity index (χ2n) is 5.61. The zero-order valence-electron chi connectivity index (χ0n) is 13.4. The monoisotopic (exact) mass is 386 g/mol. The average Bonchev–Trinajstić information content (AvgIpc) is 2.50. The van der Waals surface area contributed by atoms with Crippen LogP contribution in [0, 0.1) is 0 Å². The lowest BCUT2D eigenvalue weighted by Crippen LogP contribution is -2.48. The van der Waals surface area contributed by atoms with Gasteiger partial charge in [0.25, 0.3) is 0 Å². The lowest BCUT2D eigenvalue weighted by molar-refractivity contribution is -0.159. The van der Waals surface area contributed by atoms with Gasteiger partial charge in [-0.3, -0.25) is 9.80 Å². The number of benzene rings is 1. The minimum absolute atomic E-state index is 0.681. The lowest BCUT2D eigenvalue weighted by atomic mass is 10.2. The first-order valence-corrected chi connectivity index (χ1v) is 8.26. The van der Waals surface area contributed by atoms with Crippen molar-refractivity contribution in [1.29, 1.82) is 0 Å². The Bertz CT molecular complexity index is 517. The summed E-state index contributed by atoms with van der Waals surface area (Å²) in [6.07, 6.45) is 0. The van der Waals surface area contributed by atoms with E-state index in [1.165, 1.54) is 36.2 Å². The molecule has 0 bridgehead atoms. The van der Waals surface area contributed by atoms with Crippen molar-refractivity contribution in [3.8, 4) is 0 Å². The molecule has 0 spiro atoms. The number of nitrogens with zero attached hydrogens (tertiary/aromatic N) is 2. The molecule has 6 nitrogen and oxygen atoms in total. The topological polar surface area (TPSA) is 81.1 Å². The first-order valence-electron chi connectivity index (χ1n) is 7.47. The first-order chi connectivity index (χ1) is 10.8. The molecule has 0 aliphatic carbocycles. The summed E-state index contributed by atoms with van der Waals surface area (Å²) in [4.78, 5) is 23.3. The Labute approximate surface area is 144 Å². The van der Waals surface area contributed by atoms with Crippen LogP contribution >= 0.6 is 15.9 Å². The number of hydrogen-bond acceptors (Lipinski definition) is 4. The first kappa shape index (κ1) is 19.6. The van der Waals surface area contributed by atoms with Crippen LogP contribution in [-0.4, -0.2) is 64.2 Å². The lowest BCUT2D eigenvalue weighted by Gasteiger charge is -2.37. The second-order valence-corrected chi connectivity index (χ2v) is 6.46. The molecule has 128 valence electrons. The zero-order chi connectivity index (χ0) is 17.4. The molecule has 0 atom stereocenters. The average molecular weight is 387 g/mol. The molecular weight excluding hydrogens is 364 g/mol. The summed E-state index contributed by atoms with van der Waals surface area (Å²) in [5, 5.41) is 14.8. The molecule has 1 aromatic carbocycles. The normalized spacial score (nSPS) is 15.8. The fourth-order valence-corrected chi connectivity index (χ4v) is 2.72. The molecule has 0 unspecified atom stereocenters. The van der Waals surface area contributed by atoms with Gasteiger partial charge in [0.05, 0.1) is 0 Å². The molecule has 2 N–H and O–H groups in total. The SMILES string of the molecule is CC(C)N1CCN(Cc2ccccc2Br)CC1.O=C(O)C(=O)O. The van der Waals surface area contributed by atoms with Gasteiger partial charge in [-0.15, -0.1) is 0 Å². The number of carboxylic acid groups (broad SMARTS) is 2. The van der Waals surface area contributed by atoms with Gasteiger partial charge in [-0.25, -0.2) is 9.59 Å². The number of halogens is 1. The van der Waals surface area contributed by atoms with E-state index in [9.17, 15) is 0 Å². The van der Waals surface area contributed by atoms with Gasteiger partial charge in [-0.1, -0.05) is 34.1 Å². The maximum Gasteiger partial charge on any atom is 0.414 e. The van der Waals surface area contributed by atoms with Gasteiger partial charge in [-0.2, -0.15) is 0 Å². The van der Waals surface area contributed by atoms with Crippen molar-refractivity contribution in [3.63, 3.8) is 0 Å². The van der Waals surface area contributed by atoms with Crippen LogP contribution in [0.2, 0.25) is 0 Å². The summed E-state index contributed by atoms with van der Waals surface area (Å²) in [5.74, 6) is -3.65. The van der Waals surface area contributed by atoms with Gasteiger partial charge in [0, 0.05) is 43.2 Å². The van der Waals surface area contributed by atoms with E-state index in [0.29, 0.717) is 6.04 Å². The zero-order valence-corrected chi connectivity index (χ0v) is 15.0. The van der Waals surface area contributed by atoms with Crippen molar-refractivity contribution in [3.05, 3.63) is 34.3 Å². The maximum atomic E-state index is 9.10. The highest BCUT2D eigenvalue weighted by Crippen LogP contribution is 2.18. The molecule has 1 aromatic rings. The van der Waals surface area contributed by atoms with E-state index in [1.54, 1.807) is 0 Å². The third-order valence-electron chi connectivity index (χ3n) is 3.67. The Morgan fingerprint density at radius 1 is 1.09 bits per heavy atom. The van der Waals surface area contributed by atoms with Gasteiger partial charge < -0.3 is 10.2 Å². The Morgan fingerprint density at radius 3 is 2.04 bits per heavy atom. The molecule has 23 heavy (non-hydrogen) atoms. The molecule has 1 aliphatic rings. The largest absolute Gasteiger partial charge is 0.473 e. The summed E-state index contributed by atoms with van der Waals surface area (Å²) in [6, 6.07) is 9.20. The highest BCUT2D eigenvalue weighted by atomic mass is 79.9. The van der Waals surface area contributed by atoms with Crippen LogP contribution in [0.1, 0.15) is 19.4 Å². The summed E-state index contributed by atoms with van der Waals surface area (Å²) in [6.45, 7) is 10.4. The van der Waals surface area contributed by atoms with Gasteiger partial charge in [0.2, 0.25) is 0 Å². The van der Waals surface area contributed by atoms with Gasteiger partial charge >= 0.3 is 11.9 Å². The summed E-state index contributed by atoms with van der Waals surface area (Å²) >= 11 is 3.62. The molecule has 1 heterocycles. The molecule has 0 aromatic heterocycles. The van der Waals surface area contributed by atoms with Gasteiger partial charge in [0.1, 0.15) is 0 Å². The van der Waals surface area contributed by atoms with Crippen molar-refractivity contribution < 1.29 is 19.8 Å². The summed E-state index contributed by atoms with van der Waals surface area (Å²) in [5.41, 5.74) is 1.39. The Balaban J connectivity index is 0.000000379. The summed E-state index contributed by atoms with van der Waals surface area (Å²) < 4.78 is 1.23. The molecule has 2 rings (SSSR count). The van der Waals surface area contributed by atoms with Crippen LogP contribution in [0.5, 0.6) is 0 Å². The maximum absolute atomic E-state index is 9.10. The number of carboxylic acids is 2. The Morgan fingerprint density at radius 2 is 1.61 bits per heavy atom. The molecule has 0 radical (unpaired) electrons. The number of aliphatic carboxylic acids is 2. The van der Waals surface area contributed by atoms with Crippen LogP contribution in [-0.2, 0) is 16.1 Å². The standard InChI is InChI=1S/C14H21BrN2.C2H2O4/c1-12(2)17-9-7-16(8-10-17)11-13-5-3-4-6-14(13)15;3-1(4)2(5)6/h3-6,12H,7-11H2,1-2H3;(H,3,4)(H,5,6). The molecule has 1 saturated heterocycles. The summed E-state index contributed by atoms with van der Waals surface area (Å²) in [7, 11) is 0. The fraction of sp³-hybridized carbons (Fsp3) is 0.500. The third-order valence-corrected chi connectivity index (χ3v) is 4.45. The van der Waals surface area contributed by atoms with Crippen molar-refractivity contribution in [2.45, 2.75) is 26.4 Å². The van der Waals surface area contributed by atoms with E-state index in [2.05, 4.69) is 63.8 Å². The van der Waals surface area contributed by atoms with Crippen molar-refractivity contribution in [2.75, 3.05) is 26.2 Å². The smallest absolute Gasteiger partial charge is 0.414 e. The van der Waals surface area contributed by atoms with Crippen LogP contribution in [0.3, 0.4) is 0 Å². The van der Waals surface area contributed by atoms with E-state index >= 15 is 0 Å². The van der Waals surface area contributed by atoms with Crippen LogP contribution in [0.15, 0.2) is 28.7 Å². The highest BCUT2D eigenvalue weighted by Gasteiger charge is 2.18. The van der Waals surface area contributed by atoms with Gasteiger partial charge in [-0.05, 0) is 25.5 Å². The number of piperazine rings is 1. The number of carbonyl (C=O) groups is 2. The quantitative estimate of drug-likeness (QED) is 0.774. The number of hydrogen-bond donors (Lipinski definition) is 2. The molecule has 1 aliphatic heterocycles. The molecule has 0 amide bonds. The van der Waals surface area contributed by atoms with E-state index < -0.39 is 11.9 Å². The van der Waals surface area contributed by atoms with Crippen molar-refractivity contribution in [1.82, 2.24) is 9.80 Å². The van der Waals surface area contributed by atoms with E-state index in [-0.39, 0.29) is 0 Å². The Hall–Kier alpha value is -1.44. The molecule has 7 heteroatoms. The van der Waals surface area contributed by atoms with Crippen LogP contribution < -0.4 is 0 Å².